The molecule has 2 aliphatic carbocycles. The molecule has 2 aliphatic rings. The van der Waals surface area contributed by atoms with Gasteiger partial charge in [-0.15, -0.1) is 0 Å². The number of Topliss-reactive ketones (excluding diaryl/α,β-unsaturated/α-hetero) is 1. The summed E-state index contributed by atoms with van der Waals surface area (Å²) < 4.78 is 2.00. The molecule has 0 unspecified atom stereocenters. The van der Waals surface area contributed by atoms with Crippen molar-refractivity contribution in [2.75, 3.05) is 0 Å². The standard InChI is InChI=1S/C24H23N3O/c25-13-16-1-3-17(4-2-16)18-5-9-20(10-6-18)24(28)23-22(19-7-8-19)12-11-21-14-26-15-27(21)23/h1-4,11-12,14-15,18-20H,5-10H2. The molecule has 0 N–H and O–H groups in total. The Labute approximate surface area is 164 Å². The van der Waals surface area contributed by atoms with Crippen molar-refractivity contribution in [1.82, 2.24) is 9.38 Å². The van der Waals surface area contributed by atoms with Gasteiger partial charge in [-0.1, -0.05) is 18.2 Å². The molecule has 4 heteroatoms. The predicted molar refractivity (Wildman–Crippen MR) is 107 cm³/mol. The highest BCUT2D eigenvalue weighted by molar-refractivity contribution is 5.98. The zero-order valence-electron chi connectivity index (χ0n) is 15.8. The Balaban J connectivity index is 1.36. The maximum Gasteiger partial charge on any atom is 0.182 e. The molecule has 2 aromatic heterocycles. The molecule has 3 aromatic rings. The SMILES string of the molecule is N#Cc1ccc(C2CCC(C(=O)c3c(C4CC4)ccc4cncn34)CC2)cc1. The van der Waals surface area contributed by atoms with Gasteiger partial charge in [0, 0.05) is 5.92 Å². The molecule has 0 atom stereocenters. The maximum absolute atomic E-state index is 13.5. The molecule has 0 saturated heterocycles. The smallest absolute Gasteiger partial charge is 0.182 e. The monoisotopic (exact) mass is 369 g/mol. The molecule has 28 heavy (non-hydrogen) atoms. The van der Waals surface area contributed by atoms with Crippen LogP contribution in [0.5, 0.6) is 0 Å². The number of rotatable bonds is 4. The molecule has 2 saturated carbocycles. The van der Waals surface area contributed by atoms with E-state index in [4.69, 9.17) is 5.26 Å². The van der Waals surface area contributed by atoms with Crippen LogP contribution < -0.4 is 0 Å². The van der Waals surface area contributed by atoms with Gasteiger partial charge in [0.1, 0.15) is 0 Å². The first-order chi connectivity index (χ1) is 13.7. The average Bonchev–Trinajstić information content (AvgIpc) is 3.49. The van der Waals surface area contributed by atoms with Crippen LogP contribution in [0.4, 0.5) is 0 Å². The summed E-state index contributed by atoms with van der Waals surface area (Å²) in [6.07, 6.45) is 9.91. The molecular weight excluding hydrogens is 346 g/mol. The summed E-state index contributed by atoms with van der Waals surface area (Å²) in [4.78, 5) is 17.8. The van der Waals surface area contributed by atoms with Crippen molar-refractivity contribution >= 4 is 11.3 Å². The average molecular weight is 369 g/mol. The Kier molecular flexibility index (Phi) is 4.24. The molecule has 0 radical (unpaired) electrons. The van der Waals surface area contributed by atoms with Crippen molar-refractivity contribution in [3.8, 4) is 6.07 Å². The van der Waals surface area contributed by atoms with Crippen molar-refractivity contribution < 1.29 is 4.79 Å². The van der Waals surface area contributed by atoms with Crippen molar-refractivity contribution in [2.45, 2.75) is 50.4 Å². The second-order valence-corrected chi connectivity index (χ2v) is 8.25. The lowest BCUT2D eigenvalue weighted by atomic mass is 9.76. The first-order valence-corrected chi connectivity index (χ1v) is 10.2. The van der Waals surface area contributed by atoms with Gasteiger partial charge in [-0.3, -0.25) is 9.20 Å². The molecule has 4 nitrogen and oxygen atoms in total. The molecule has 2 fully saturated rings. The zero-order valence-corrected chi connectivity index (χ0v) is 15.8. The van der Waals surface area contributed by atoms with Gasteiger partial charge >= 0.3 is 0 Å². The van der Waals surface area contributed by atoms with E-state index in [1.165, 1.54) is 24.0 Å². The minimum atomic E-state index is 0.0973. The lowest BCUT2D eigenvalue weighted by molar-refractivity contribution is 0.0876. The Morgan fingerprint density at radius 1 is 0.964 bits per heavy atom. The van der Waals surface area contributed by atoms with Gasteiger partial charge in [0.15, 0.2) is 5.78 Å². The molecule has 5 rings (SSSR count). The van der Waals surface area contributed by atoms with E-state index in [2.05, 4.69) is 35.3 Å². The number of benzene rings is 1. The van der Waals surface area contributed by atoms with Crippen molar-refractivity contribution in [3.05, 3.63) is 71.3 Å². The minimum absolute atomic E-state index is 0.0973. The number of nitrogens with zero attached hydrogens (tertiary/aromatic N) is 3. The summed E-state index contributed by atoms with van der Waals surface area (Å²) in [7, 11) is 0. The Morgan fingerprint density at radius 3 is 2.36 bits per heavy atom. The van der Waals surface area contributed by atoms with Gasteiger partial charge in [0.25, 0.3) is 0 Å². The van der Waals surface area contributed by atoms with Crippen LogP contribution in [-0.2, 0) is 0 Å². The van der Waals surface area contributed by atoms with Gasteiger partial charge in [-0.2, -0.15) is 5.26 Å². The fraction of sp³-hybridized carbons (Fsp3) is 0.375. The number of pyridine rings is 1. The quantitative estimate of drug-likeness (QED) is 0.591. The fourth-order valence-electron chi connectivity index (χ4n) is 4.71. The van der Waals surface area contributed by atoms with E-state index in [1.807, 2.05) is 22.7 Å². The summed E-state index contributed by atoms with van der Waals surface area (Å²) in [6, 6.07) is 14.3. The number of hydrogen-bond donors (Lipinski definition) is 0. The maximum atomic E-state index is 13.5. The van der Waals surface area contributed by atoms with Crippen molar-refractivity contribution in [1.29, 1.82) is 5.26 Å². The second-order valence-electron chi connectivity index (χ2n) is 8.25. The van der Waals surface area contributed by atoms with E-state index in [9.17, 15) is 4.79 Å². The Hall–Kier alpha value is -2.93. The number of aromatic nitrogens is 2. The fourth-order valence-corrected chi connectivity index (χ4v) is 4.71. The largest absolute Gasteiger partial charge is 0.296 e. The number of nitriles is 1. The van der Waals surface area contributed by atoms with E-state index >= 15 is 0 Å². The molecule has 0 amide bonds. The number of hydrogen-bond acceptors (Lipinski definition) is 3. The molecule has 2 heterocycles. The van der Waals surface area contributed by atoms with Crippen LogP contribution >= 0.6 is 0 Å². The second kappa shape index (κ2) is 6.91. The van der Waals surface area contributed by atoms with Gasteiger partial charge in [0.2, 0.25) is 0 Å². The van der Waals surface area contributed by atoms with Crippen LogP contribution in [0.3, 0.4) is 0 Å². The van der Waals surface area contributed by atoms with Gasteiger partial charge in [-0.05, 0) is 79.7 Å². The van der Waals surface area contributed by atoms with Crippen LogP contribution in [0.2, 0.25) is 0 Å². The Morgan fingerprint density at radius 2 is 1.68 bits per heavy atom. The van der Waals surface area contributed by atoms with Gasteiger partial charge in [0.05, 0.1) is 35.4 Å². The number of carbonyl (C=O) groups excluding carboxylic acids is 1. The van der Waals surface area contributed by atoms with Gasteiger partial charge in [-0.25, -0.2) is 4.98 Å². The molecule has 140 valence electrons. The highest BCUT2D eigenvalue weighted by atomic mass is 16.1. The third-order valence-electron chi connectivity index (χ3n) is 6.47. The lowest BCUT2D eigenvalue weighted by Crippen LogP contribution is -2.24. The first kappa shape index (κ1) is 17.2. The molecule has 0 bridgehead atoms. The van der Waals surface area contributed by atoms with E-state index in [-0.39, 0.29) is 5.92 Å². The number of ketones is 1. The van der Waals surface area contributed by atoms with Crippen LogP contribution in [0.15, 0.2) is 48.9 Å². The summed E-state index contributed by atoms with van der Waals surface area (Å²) in [5, 5.41) is 8.97. The topological polar surface area (TPSA) is 58.2 Å². The summed E-state index contributed by atoms with van der Waals surface area (Å²) in [5.41, 5.74) is 5.08. The van der Waals surface area contributed by atoms with Crippen LogP contribution in [0.1, 0.15) is 77.5 Å². The van der Waals surface area contributed by atoms with E-state index in [0.717, 1.165) is 36.9 Å². The lowest BCUT2D eigenvalue weighted by Gasteiger charge is -2.28. The van der Waals surface area contributed by atoms with Crippen LogP contribution in [-0.4, -0.2) is 15.2 Å². The van der Waals surface area contributed by atoms with E-state index < -0.39 is 0 Å². The first-order valence-electron chi connectivity index (χ1n) is 10.2. The van der Waals surface area contributed by atoms with Crippen LogP contribution in [0, 0.1) is 17.2 Å². The molecular formula is C24H23N3O. The third kappa shape index (κ3) is 3.01. The molecule has 0 aliphatic heterocycles. The zero-order chi connectivity index (χ0) is 19.1. The number of carbonyl (C=O) groups is 1. The van der Waals surface area contributed by atoms with E-state index in [1.54, 1.807) is 6.33 Å². The predicted octanol–water partition coefficient (Wildman–Crippen LogP) is 5.24. The minimum Gasteiger partial charge on any atom is -0.296 e. The van der Waals surface area contributed by atoms with Crippen molar-refractivity contribution in [2.24, 2.45) is 5.92 Å². The summed E-state index contributed by atoms with van der Waals surface area (Å²) in [6.45, 7) is 0. The summed E-state index contributed by atoms with van der Waals surface area (Å²) in [5.74, 6) is 1.42. The number of fused-ring (bicyclic) bond motifs is 1. The van der Waals surface area contributed by atoms with Gasteiger partial charge < -0.3 is 0 Å². The van der Waals surface area contributed by atoms with E-state index in [0.29, 0.717) is 23.2 Å². The third-order valence-corrected chi connectivity index (χ3v) is 6.47. The molecule has 1 aromatic carbocycles. The molecule has 0 spiro atoms. The van der Waals surface area contributed by atoms with Crippen molar-refractivity contribution in [3.63, 3.8) is 0 Å². The summed E-state index contributed by atoms with van der Waals surface area (Å²) >= 11 is 0. The number of imidazole rings is 1. The normalized spacial score (nSPS) is 22.1. The van der Waals surface area contributed by atoms with Crippen LogP contribution in [0.25, 0.3) is 5.52 Å². The highest BCUT2D eigenvalue weighted by Crippen LogP contribution is 2.44. The Bertz CT molecular complexity index is 1060. The highest BCUT2D eigenvalue weighted by Gasteiger charge is 2.34.